The van der Waals surface area contributed by atoms with Gasteiger partial charge in [0.1, 0.15) is 16.9 Å². The zero-order chi connectivity index (χ0) is 14.2. The summed E-state index contributed by atoms with van der Waals surface area (Å²) in [5.74, 6) is -0.742. The van der Waals surface area contributed by atoms with Crippen molar-refractivity contribution >= 4 is 11.9 Å². The molecule has 2 fully saturated rings. The molecule has 110 valence electrons. The van der Waals surface area contributed by atoms with Crippen LogP contribution in [0, 0.1) is 0 Å². The Hall–Kier alpha value is -1.52. The van der Waals surface area contributed by atoms with E-state index in [2.05, 4.69) is 0 Å². The second kappa shape index (κ2) is 5.11. The zero-order valence-electron chi connectivity index (χ0n) is 11.9. The van der Waals surface area contributed by atoms with Gasteiger partial charge in [-0.1, -0.05) is 6.42 Å². The van der Waals surface area contributed by atoms with Crippen LogP contribution in [-0.2, 0) is 19.1 Å². The van der Waals surface area contributed by atoms with E-state index in [1.807, 2.05) is 4.90 Å². The molecule has 1 saturated carbocycles. The highest BCUT2D eigenvalue weighted by atomic mass is 16.6. The van der Waals surface area contributed by atoms with Gasteiger partial charge in [0.05, 0.1) is 7.11 Å². The fraction of sp³-hybridized carbons (Fsp3) is 0.733. The number of hydrogen-bond donors (Lipinski definition) is 0. The Balaban J connectivity index is 2.04. The summed E-state index contributed by atoms with van der Waals surface area (Å²) in [6, 6.07) is 0. The predicted molar refractivity (Wildman–Crippen MR) is 71.8 cm³/mol. The number of likely N-dealkylation sites (tertiary alicyclic amines) is 1. The fourth-order valence-electron chi connectivity index (χ4n) is 3.68. The average Bonchev–Trinajstić information content (AvgIpc) is 3.05. The molecule has 2 aliphatic heterocycles. The first-order valence-corrected chi connectivity index (χ1v) is 7.49. The molecular weight excluding hydrogens is 258 g/mol. The highest BCUT2D eigenvalue weighted by molar-refractivity contribution is 6.05. The van der Waals surface area contributed by atoms with Crippen molar-refractivity contribution in [1.29, 1.82) is 0 Å². The van der Waals surface area contributed by atoms with Crippen LogP contribution >= 0.6 is 0 Å². The van der Waals surface area contributed by atoms with Gasteiger partial charge in [0.15, 0.2) is 0 Å². The van der Waals surface area contributed by atoms with Gasteiger partial charge in [0.25, 0.3) is 0 Å². The van der Waals surface area contributed by atoms with Crippen LogP contribution in [0.3, 0.4) is 0 Å². The molecule has 0 atom stereocenters. The number of methoxy groups -OCH3 is 1. The molecular formula is C15H21NO4. The first-order valence-electron chi connectivity index (χ1n) is 7.49. The van der Waals surface area contributed by atoms with Crippen LogP contribution in [0.5, 0.6) is 0 Å². The molecule has 1 saturated heterocycles. The first-order chi connectivity index (χ1) is 9.68. The SMILES string of the molecule is COC(=O)C1=C(N2CCCC2)C(=O)OC12CCCCC2. The summed E-state index contributed by atoms with van der Waals surface area (Å²) >= 11 is 0. The molecule has 0 radical (unpaired) electrons. The van der Waals surface area contributed by atoms with E-state index in [1.165, 1.54) is 7.11 Å². The average molecular weight is 279 g/mol. The van der Waals surface area contributed by atoms with Crippen LogP contribution in [-0.4, -0.2) is 42.6 Å². The molecule has 5 heteroatoms. The van der Waals surface area contributed by atoms with E-state index in [-0.39, 0.29) is 5.97 Å². The van der Waals surface area contributed by atoms with Crippen LogP contribution in [0.2, 0.25) is 0 Å². The molecule has 5 nitrogen and oxygen atoms in total. The van der Waals surface area contributed by atoms with Crippen LogP contribution in [0.25, 0.3) is 0 Å². The summed E-state index contributed by atoms with van der Waals surface area (Å²) in [7, 11) is 1.37. The van der Waals surface area contributed by atoms with Gasteiger partial charge in [-0.05, 0) is 38.5 Å². The number of rotatable bonds is 2. The molecule has 0 amide bonds. The third-order valence-electron chi connectivity index (χ3n) is 4.65. The standard InChI is InChI=1S/C15H21NO4/c1-19-13(17)11-12(16-9-5-6-10-16)14(18)20-15(11)7-3-2-4-8-15/h2-10H2,1H3. The Morgan fingerprint density at radius 1 is 1.15 bits per heavy atom. The molecule has 0 bridgehead atoms. The number of nitrogens with zero attached hydrogens (tertiary/aromatic N) is 1. The van der Waals surface area contributed by atoms with Crippen molar-refractivity contribution in [3.05, 3.63) is 11.3 Å². The van der Waals surface area contributed by atoms with Gasteiger partial charge >= 0.3 is 11.9 Å². The maximum Gasteiger partial charge on any atom is 0.356 e. The Labute approximate surface area is 118 Å². The van der Waals surface area contributed by atoms with Gasteiger partial charge in [-0.2, -0.15) is 0 Å². The fourth-order valence-corrected chi connectivity index (χ4v) is 3.68. The first kappa shape index (κ1) is 13.5. The normalized spacial score (nSPS) is 25.2. The van der Waals surface area contributed by atoms with Crippen molar-refractivity contribution < 1.29 is 19.1 Å². The summed E-state index contributed by atoms with van der Waals surface area (Å²) in [6.07, 6.45) is 6.69. The van der Waals surface area contributed by atoms with Crippen LogP contribution in [0.15, 0.2) is 11.3 Å². The summed E-state index contributed by atoms with van der Waals surface area (Å²) in [5, 5.41) is 0. The van der Waals surface area contributed by atoms with Gasteiger partial charge in [0.2, 0.25) is 0 Å². The lowest BCUT2D eigenvalue weighted by Gasteiger charge is -2.33. The molecule has 2 heterocycles. The minimum Gasteiger partial charge on any atom is -0.465 e. The topological polar surface area (TPSA) is 55.8 Å². The zero-order valence-corrected chi connectivity index (χ0v) is 11.9. The van der Waals surface area contributed by atoms with E-state index in [4.69, 9.17) is 9.47 Å². The Bertz CT molecular complexity index is 456. The Morgan fingerprint density at radius 2 is 1.80 bits per heavy atom. The Kier molecular flexibility index (Phi) is 3.44. The number of esters is 2. The number of hydrogen-bond acceptors (Lipinski definition) is 5. The molecule has 3 aliphatic rings. The van der Waals surface area contributed by atoms with E-state index in [0.29, 0.717) is 11.3 Å². The van der Waals surface area contributed by atoms with E-state index in [1.54, 1.807) is 0 Å². The van der Waals surface area contributed by atoms with Gasteiger partial charge in [-0.25, -0.2) is 9.59 Å². The summed E-state index contributed by atoms with van der Waals surface area (Å²) < 4.78 is 10.6. The number of carbonyl (C=O) groups is 2. The molecule has 20 heavy (non-hydrogen) atoms. The Morgan fingerprint density at radius 3 is 2.40 bits per heavy atom. The van der Waals surface area contributed by atoms with Crippen molar-refractivity contribution in [2.45, 2.75) is 50.5 Å². The molecule has 0 aromatic rings. The minimum absolute atomic E-state index is 0.339. The molecule has 1 aliphatic carbocycles. The van der Waals surface area contributed by atoms with Crippen LogP contribution in [0.1, 0.15) is 44.9 Å². The lowest BCUT2D eigenvalue weighted by atomic mass is 9.79. The highest BCUT2D eigenvalue weighted by Gasteiger charge is 2.53. The molecule has 0 aromatic carbocycles. The van der Waals surface area contributed by atoms with E-state index >= 15 is 0 Å². The molecule has 0 aromatic heterocycles. The second-order valence-corrected chi connectivity index (χ2v) is 5.85. The summed E-state index contributed by atoms with van der Waals surface area (Å²) in [6.45, 7) is 1.64. The number of carbonyl (C=O) groups excluding carboxylic acids is 2. The van der Waals surface area contributed by atoms with Crippen molar-refractivity contribution in [1.82, 2.24) is 4.90 Å². The molecule has 0 N–H and O–H groups in total. The third-order valence-corrected chi connectivity index (χ3v) is 4.65. The lowest BCUT2D eigenvalue weighted by Crippen LogP contribution is -2.38. The van der Waals surface area contributed by atoms with Gasteiger partial charge in [-0.15, -0.1) is 0 Å². The second-order valence-electron chi connectivity index (χ2n) is 5.85. The van der Waals surface area contributed by atoms with Gasteiger partial charge in [0, 0.05) is 13.1 Å². The van der Waals surface area contributed by atoms with Crippen molar-refractivity contribution in [3.8, 4) is 0 Å². The molecule has 1 spiro atoms. The van der Waals surface area contributed by atoms with Crippen LogP contribution < -0.4 is 0 Å². The smallest absolute Gasteiger partial charge is 0.356 e. The monoisotopic (exact) mass is 279 g/mol. The number of ether oxygens (including phenoxy) is 2. The van der Waals surface area contributed by atoms with Gasteiger partial charge < -0.3 is 14.4 Å². The van der Waals surface area contributed by atoms with E-state index < -0.39 is 11.6 Å². The van der Waals surface area contributed by atoms with Crippen molar-refractivity contribution in [2.24, 2.45) is 0 Å². The predicted octanol–water partition coefficient (Wildman–Crippen LogP) is 1.77. The largest absolute Gasteiger partial charge is 0.465 e. The van der Waals surface area contributed by atoms with Crippen LogP contribution in [0.4, 0.5) is 0 Å². The quantitative estimate of drug-likeness (QED) is 0.721. The van der Waals surface area contributed by atoms with Crippen molar-refractivity contribution in [3.63, 3.8) is 0 Å². The van der Waals surface area contributed by atoms with E-state index in [0.717, 1.165) is 58.0 Å². The van der Waals surface area contributed by atoms with Crippen molar-refractivity contribution in [2.75, 3.05) is 20.2 Å². The molecule has 0 unspecified atom stereocenters. The maximum absolute atomic E-state index is 12.3. The maximum atomic E-state index is 12.3. The van der Waals surface area contributed by atoms with Gasteiger partial charge in [-0.3, -0.25) is 0 Å². The summed E-state index contributed by atoms with van der Waals surface area (Å²) in [4.78, 5) is 26.6. The molecule has 3 rings (SSSR count). The van der Waals surface area contributed by atoms with E-state index in [9.17, 15) is 9.59 Å². The summed E-state index contributed by atoms with van der Waals surface area (Å²) in [5.41, 5.74) is 0.225. The lowest BCUT2D eigenvalue weighted by molar-refractivity contribution is -0.152. The third kappa shape index (κ3) is 2.00. The minimum atomic E-state index is -0.722. The highest BCUT2D eigenvalue weighted by Crippen LogP contribution is 2.45.